The fourth-order valence-corrected chi connectivity index (χ4v) is 1.86. The van der Waals surface area contributed by atoms with Crippen LogP contribution in [0.4, 0.5) is 5.69 Å². The third-order valence-electron chi connectivity index (χ3n) is 1.96. The Labute approximate surface area is 115 Å². The number of anilines is 1. The number of aromatic nitrogens is 2. The minimum atomic E-state index is -0.276. The van der Waals surface area contributed by atoms with E-state index in [1.165, 1.54) is 0 Å². The average molecular weight is 357 g/mol. The zero-order chi connectivity index (χ0) is 12.3. The molecule has 1 N–H and O–H groups in total. The van der Waals surface area contributed by atoms with Crippen LogP contribution in [0.2, 0.25) is 0 Å². The molecule has 86 valence electrons. The molecule has 17 heavy (non-hydrogen) atoms. The van der Waals surface area contributed by atoms with Gasteiger partial charge in [0.2, 0.25) is 0 Å². The number of hydrogen-bond donors (Lipinski definition) is 1. The van der Waals surface area contributed by atoms with E-state index in [0.29, 0.717) is 15.9 Å². The van der Waals surface area contributed by atoms with Crippen molar-refractivity contribution in [3.05, 3.63) is 51.4 Å². The predicted octanol–water partition coefficient (Wildman–Crippen LogP) is 3.25. The highest BCUT2D eigenvalue weighted by atomic mass is 79.9. The van der Waals surface area contributed by atoms with Gasteiger partial charge in [-0.25, -0.2) is 9.97 Å². The van der Waals surface area contributed by atoms with Gasteiger partial charge in [-0.2, -0.15) is 0 Å². The molecule has 0 spiro atoms. The number of nitrogens with one attached hydrogen (secondary N) is 1. The summed E-state index contributed by atoms with van der Waals surface area (Å²) in [4.78, 5) is 19.9. The zero-order valence-corrected chi connectivity index (χ0v) is 11.7. The summed E-state index contributed by atoms with van der Waals surface area (Å²) < 4.78 is 1.37. The van der Waals surface area contributed by atoms with Gasteiger partial charge in [0.25, 0.3) is 5.91 Å². The summed E-state index contributed by atoms with van der Waals surface area (Å²) in [7, 11) is 0. The molecule has 0 aromatic carbocycles. The van der Waals surface area contributed by atoms with Crippen molar-refractivity contribution in [3.8, 4) is 0 Å². The number of pyridine rings is 2. The summed E-state index contributed by atoms with van der Waals surface area (Å²) in [5.41, 5.74) is 0.964. The lowest BCUT2D eigenvalue weighted by Gasteiger charge is -2.05. The Morgan fingerprint density at radius 2 is 2.00 bits per heavy atom. The molecule has 6 heteroatoms. The van der Waals surface area contributed by atoms with E-state index in [2.05, 4.69) is 47.1 Å². The predicted molar refractivity (Wildman–Crippen MR) is 71.8 cm³/mol. The topological polar surface area (TPSA) is 54.9 Å². The van der Waals surface area contributed by atoms with Crippen molar-refractivity contribution < 1.29 is 4.79 Å². The molecule has 2 heterocycles. The van der Waals surface area contributed by atoms with Crippen molar-refractivity contribution in [1.82, 2.24) is 9.97 Å². The van der Waals surface area contributed by atoms with Crippen LogP contribution in [0, 0.1) is 0 Å². The van der Waals surface area contributed by atoms with Crippen molar-refractivity contribution in [1.29, 1.82) is 0 Å². The molecule has 0 aliphatic carbocycles. The Morgan fingerprint density at radius 3 is 2.65 bits per heavy atom. The molecule has 0 saturated carbocycles. The van der Waals surface area contributed by atoms with Crippen LogP contribution in [0.15, 0.2) is 45.7 Å². The number of carbonyl (C=O) groups is 1. The van der Waals surface area contributed by atoms with Gasteiger partial charge in [0.15, 0.2) is 0 Å². The maximum absolute atomic E-state index is 11.9. The van der Waals surface area contributed by atoms with E-state index in [0.717, 1.165) is 4.60 Å². The smallest absolute Gasteiger partial charge is 0.275 e. The van der Waals surface area contributed by atoms with Gasteiger partial charge in [0.05, 0.1) is 11.9 Å². The Balaban J connectivity index is 2.17. The second-order valence-corrected chi connectivity index (χ2v) is 4.82. The first-order valence-electron chi connectivity index (χ1n) is 4.70. The summed E-state index contributed by atoms with van der Waals surface area (Å²) in [5, 5.41) is 2.71. The number of halogens is 2. The summed E-state index contributed by atoms with van der Waals surface area (Å²) in [6, 6.07) is 7.03. The van der Waals surface area contributed by atoms with E-state index in [4.69, 9.17) is 0 Å². The van der Waals surface area contributed by atoms with Gasteiger partial charge in [-0.15, -0.1) is 0 Å². The van der Waals surface area contributed by atoms with Crippen molar-refractivity contribution in [3.63, 3.8) is 0 Å². The number of rotatable bonds is 2. The molecular formula is C11H7Br2N3O. The Kier molecular flexibility index (Phi) is 3.86. The third-order valence-corrected chi connectivity index (χ3v) is 3.07. The van der Waals surface area contributed by atoms with Gasteiger partial charge in [0.1, 0.15) is 10.3 Å². The van der Waals surface area contributed by atoms with Gasteiger partial charge in [-0.1, -0.05) is 0 Å². The Morgan fingerprint density at radius 1 is 1.18 bits per heavy atom. The summed E-state index contributed by atoms with van der Waals surface area (Å²) in [6.45, 7) is 0. The molecule has 2 aromatic rings. The van der Waals surface area contributed by atoms with Crippen LogP contribution < -0.4 is 5.32 Å². The fraction of sp³-hybridized carbons (Fsp3) is 0. The van der Waals surface area contributed by atoms with Crippen molar-refractivity contribution in [2.75, 3.05) is 5.32 Å². The largest absolute Gasteiger partial charge is 0.319 e. The number of amides is 1. The fourth-order valence-electron chi connectivity index (χ4n) is 1.19. The van der Waals surface area contributed by atoms with E-state index >= 15 is 0 Å². The maximum atomic E-state index is 11.9. The van der Waals surface area contributed by atoms with Gasteiger partial charge < -0.3 is 5.32 Å². The Hall–Kier alpha value is -1.27. The monoisotopic (exact) mass is 355 g/mol. The molecule has 0 saturated heterocycles. The van der Waals surface area contributed by atoms with E-state index in [1.807, 2.05) is 0 Å². The molecule has 0 aliphatic rings. The second kappa shape index (κ2) is 5.37. The van der Waals surface area contributed by atoms with Gasteiger partial charge in [0, 0.05) is 10.7 Å². The van der Waals surface area contributed by atoms with Crippen LogP contribution in [0.5, 0.6) is 0 Å². The van der Waals surface area contributed by atoms with Crippen LogP contribution in [0.25, 0.3) is 0 Å². The summed E-state index contributed by atoms with van der Waals surface area (Å²) in [6.07, 6.45) is 3.14. The van der Waals surface area contributed by atoms with Gasteiger partial charge in [-0.05, 0) is 56.1 Å². The first-order chi connectivity index (χ1) is 8.16. The van der Waals surface area contributed by atoms with Gasteiger partial charge in [-0.3, -0.25) is 4.79 Å². The molecular weight excluding hydrogens is 350 g/mol. The van der Waals surface area contributed by atoms with Gasteiger partial charge >= 0.3 is 0 Å². The number of nitrogens with zero attached hydrogens (tertiary/aromatic N) is 2. The lowest BCUT2D eigenvalue weighted by atomic mass is 10.3. The highest BCUT2D eigenvalue weighted by molar-refractivity contribution is 9.10. The minimum absolute atomic E-state index is 0.276. The van der Waals surface area contributed by atoms with Crippen molar-refractivity contribution >= 4 is 43.5 Å². The highest BCUT2D eigenvalue weighted by Gasteiger charge is 2.11. The van der Waals surface area contributed by atoms with Crippen LogP contribution in [0.1, 0.15) is 10.5 Å². The summed E-state index contributed by atoms with van der Waals surface area (Å²) >= 11 is 6.50. The quantitative estimate of drug-likeness (QED) is 0.840. The lowest BCUT2D eigenvalue weighted by molar-refractivity contribution is 0.102. The first-order valence-corrected chi connectivity index (χ1v) is 6.29. The standard InChI is InChI=1S/C11H7Br2N3O/c12-8-2-1-5-14-10(8)11(17)16-7-3-4-9(13)15-6-7/h1-6H,(H,16,17). The van der Waals surface area contributed by atoms with E-state index < -0.39 is 0 Å². The number of carbonyl (C=O) groups excluding carboxylic acids is 1. The zero-order valence-electron chi connectivity index (χ0n) is 8.52. The normalized spacial score (nSPS) is 10.0. The minimum Gasteiger partial charge on any atom is -0.319 e. The Bertz CT molecular complexity index is 543. The molecule has 0 atom stereocenters. The molecule has 2 rings (SSSR count). The molecule has 4 nitrogen and oxygen atoms in total. The first kappa shape index (κ1) is 12.2. The molecule has 2 aromatic heterocycles. The molecule has 0 fully saturated rings. The van der Waals surface area contributed by atoms with Crippen LogP contribution in [-0.2, 0) is 0 Å². The van der Waals surface area contributed by atoms with Crippen LogP contribution >= 0.6 is 31.9 Å². The average Bonchev–Trinajstić information content (AvgIpc) is 2.32. The van der Waals surface area contributed by atoms with Crippen molar-refractivity contribution in [2.24, 2.45) is 0 Å². The number of hydrogen-bond acceptors (Lipinski definition) is 3. The van der Waals surface area contributed by atoms with E-state index in [1.54, 1.807) is 36.7 Å². The van der Waals surface area contributed by atoms with E-state index in [9.17, 15) is 4.79 Å². The lowest BCUT2D eigenvalue weighted by Crippen LogP contribution is -2.14. The maximum Gasteiger partial charge on any atom is 0.275 e. The second-order valence-electron chi connectivity index (χ2n) is 3.16. The SMILES string of the molecule is O=C(Nc1ccc(Br)nc1)c1ncccc1Br. The molecule has 0 aliphatic heterocycles. The highest BCUT2D eigenvalue weighted by Crippen LogP contribution is 2.16. The van der Waals surface area contributed by atoms with Crippen LogP contribution in [-0.4, -0.2) is 15.9 Å². The molecule has 1 amide bonds. The molecule has 0 bridgehead atoms. The van der Waals surface area contributed by atoms with E-state index in [-0.39, 0.29) is 5.91 Å². The molecule has 0 radical (unpaired) electrons. The van der Waals surface area contributed by atoms with Crippen molar-refractivity contribution in [2.45, 2.75) is 0 Å². The molecule has 0 unspecified atom stereocenters. The third kappa shape index (κ3) is 3.10. The summed E-state index contributed by atoms with van der Waals surface area (Å²) in [5.74, 6) is -0.276. The van der Waals surface area contributed by atoms with Crippen LogP contribution in [0.3, 0.4) is 0 Å².